The number of carbonyl (C=O) groups is 2. The average Bonchev–Trinajstić information content (AvgIpc) is 2.68. The summed E-state index contributed by atoms with van der Waals surface area (Å²) < 4.78 is 0. The third-order valence-corrected chi connectivity index (χ3v) is 5.71. The summed E-state index contributed by atoms with van der Waals surface area (Å²) in [4.78, 5) is 33.6. The molecule has 5 nitrogen and oxygen atoms in total. The summed E-state index contributed by atoms with van der Waals surface area (Å²) in [6.07, 6.45) is 4.26. The van der Waals surface area contributed by atoms with E-state index in [-0.39, 0.29) is 23.5 Å². The Kier molecular flexibility index (Phi) is 6.22. The predicted molar refractivity (Wildman–Crippen MR) is 111 cm³/mol. The van der Waals surface area contributed by atoms with Crippen LogP contribution in [0.2, 0.25) is 0 Å². The van der Waals surface area contributed by atoms with Gasteiger partial charge in [0.1, 0.15) is 0 Å². The zero-order chi connectivity index (χ0) is 20.3. The summed E-state index contributed by atoms with van der Waals surface area (Å²) >= 11 is 0. The molecule has 1 heterocycles. The van der Waals surface area contributed by atoms with Crippen LogP contribution in [0.3, 0.4) is 0 Å². The molecule has 1 aliphatic rings. The van der Waals surface area contributed by atoms with E-state index < -0.39 is 0 Å². The van der Waals surface area contributed by atoms with E-state index >= 15 is 0 Å². The van der Waals surface area contributed by atoms with Crippen molar-refractivity contribution in [2.75, 3.05) is 5.32 Å². The third kappa shape index (κ3) is 4.29. The minimum Gasteiger partial charge on any atom is -0.294 e. The van der Waals surface area contributed by atoms with Crippen molar-refractivity contribution in [2.24, 2.45) is 5.92 Å². The van der Waals surface area contributed by atoms with Gasteiger partial charge in [0.25, 0.3) is 0 Å². The van der Waals surface area contributed by atoms with Gasteiger partial charge in [-0.15, -0.1) is 0 Å². The first-order valence-corrected chi connectivity index (χ1v) is 10.2. The van der Waals surface area contributed by atoms with Gasteiger partial charge in [-0.05, 0) is 42.2 Å². The maximum Gasteiger partial charge on any atom is 0.229 e. The Hall–Kier alpha value is -2.56. The van der Waals surface area contributed by atoms with E-state index in [1.54, 1.807) is 6.20 Å². The van der Waals surface area contributed by atoms with Gasteiger partial charge < -0.3 is 0 Å². The molecule has 148 valence electrons. The molecular formula is C23H29N3O2. The van der Waals surface area contributed by atoms with Crippen LogP contribution in [0.5, 0.6) is 0 Å². The minimum absolute atomic E-state index is 0.0477. The number of anilines is 1. The first-order chi connectivity index (χ1) is 13.4. The number of hydrogen-bond donors (Lipinski definition) is 1. The number of ketones is 1. The SMILES string of the molecule is CCC(CC)C(=O)Nc1ncc2c(n1)C[C@@H](c1ccc(C(C)C)cc1)CC2=O. The smallest absolute Gasteiger partial charge is 0.229 e. The number of rotatable bonds is 6. The van der Waals surface area contributed by atoms with Crippen LogP contribution in [0.25, 0.3) is 0 Å². The molecule has 1 atom stereocenters. The molecule has 1 aromatic heterocycles. The van der Waals surface area contributed by atoms with Gasteiger partial charge in [0.2, 0.25) is 11.9 Å². The van der Waals surface area contributed by atoms with E-state index in [9.17, 15) is 9.59 Å². The topological polar surface area (TPSA) is 72.0 Å². The molecule has 1 aliphatic carbocycles. The summed E-state index contributed by atoms with van der Waals surface area (Å²) in [6, 6.07) is 8.52. The summed E-state index contributed by atoms with van der Waals surface area (Å²) in [5, 5.41) is 2.81. The highest BCUT2D eigenvalue weighted by Crippen LogP contribution is 2.32. The number of fused-ring (bicyclic) bond motifs is 1. The number of amides is 1. The van der Waals surface area contributed by atoms with Crippen molar-refractivity contribution in [2.45, 2.75) is 65.2 Å². The van der Waals surface area contributed by atoms with Crippen LogP contribution in [-0.2, 0) is 11.2 Å². The van der Waals surface area contributed by atoms with Crippen LogP contribution >= 0.6 is 0 Å². The van der Waals surface area contributed by atoms with Crippen LogP contribution in [-0.4, -0.2) is 21.7 Å². The van der Waals surface area contributed by atoms with Crippen molar-refractivity contribution >= 4 is 17.6 Å². The largest absolute Gasteiger partial charge is 0.294 e. The van der Waals surface area contributed by atoms with Gasteiger partial charge in [0.15, 0.2) is 5.78 Å². The van der Waals surface area contributed by atoms with Crippen LogP contribution < -0.4 is 5.32 Å². The van der Waals surface area contributed by atoms with E-state index in [1.807, 2.05) is 13.8 Å². The van der Waals surface area contributed by atoms with Gasteiger partial charge in [0, 0.05) is 18.5 Å². The van der Waals surface area contributed by atoms with Crippen molar-refractivity contribution in [3.8, 4) is 0 Å². The number of Topliss-reactive ketones (excluding diaryl/α,β-unsaturated/α-hetero) is 1. The highest BCUT2D eigenvalue weighted by Gasteiger charge is 2.28. The van der Waals surface area contributed by atoms with E-state index in [0.717, 1.165) is 24.1 Å². The number of benzene rings is 1. The van der Waals surface area contributed by atoms with Crippen molar-refractivity contribution in [3.63, 3.8) is 0 Å². The first-order valence-electron chi connectivity index (χ1n) is 10.2. The lowest BCUT2D eigenvalue weighted by molar-refractivity contribution is -0.120. The third-order valence-electron chi connectivity index (χ3n) is 5.71. The molecule has 0 unspecified atom stereocenters. The van der Waals surface area contributed by atoms with Gasteiger partial charge in [0.05, 0.1) is 11.3 Å². The Morgan fingerprint density at radius 2 is 1.82 bits per heavy atom. The molecule has 28 heavy (non-hydrogen) atoms. The maximum absolute atomic E-state index is 12.6. The molecule has 0 bridgehead atoms. The Morgan fingerprint density at radius 3 is 2.43 bits per heavy atom. The first kappa shape index (κ1) is 20.2. The van der Waals surface area contributed by atoms with E-state index in [2.05, 4.69) is 53.4 Å². The monoisotopic (exact) mass is 379 g/mol. The normalized spacial score (nSPS) is 16.4. The molecule has 0 fully saturated rings. The molecule has 1 N–H and O–H groups in total. The van der Waals surface area contributed by atoms with Crippen molar-refractivity contribution < 1.29 is 9.59 Å². The summed E-state index contributed by atoms with van der Waals surface area (Å²) in [7, 11) is 0. The number of aromatic nitrogens is 2. The second kappa shape index (κ2) is 8.63. The Balaban J connectivity index is 1.80. The molecule has 0 radical (unpaired) electrons. The van der Waals surface area contributed by atoms with Gasteiger partial charge >= 0.3 is 0 Å². The highest BCUT2D eigenvalue weighted by molar-refractivity contribution is 5.99. The van der Waals surface area contributed by atoms with Crippen molar-refractivity contribution in [1.82, 2.24) is 9.97 Å². The van der Waals surface area contributed by atoms with Crippen molar-refractivity contribution in [3.05, 3.63) is 52.8 Å². The van der Waals surface area contributed by atoms with Gasteiger partial charge in [-0.2, -0.15) is 0 Å². The van der Waals surface area contributed by atoms with E-state index in [1.165, 1.54) is 5.56 Å². The molecule has 0 saturated heterocycles. The lowest BCUT2D eigenvalue weighted by Gasteiger charge is -2.24. The predicted octanol–water partition coefficient (Wildman–Crippen LogP) is 4.89. The average molecular weight is 380 g/mol. The molecule has 1 aromatic carbocycles. The molecule has 5 heteroatoms. The maximum atomic E-state index is 12.6. The molecule has 0 saturated carbocycles. The standard InChI is InChI=1S/C23H29N3O2/c1-5-15(6-2)22(28)26-23-24-13-19-20(25-23)11-18(12-21(19)27)17-9-7-16(8-10-17)14(3)4/h7-10,13-15,18H,5-6,11-12H2,1-4H3,(H,24,25,26,28)/t18-/m1/s1. The van der Waals surface area contributed by atoms with Crippen LogP contribution in [0.1, 0.15) is 86.0 Å². The lowest BCUT2D eigenvalue weighted by atomic mass is 9.81. The molecule has 3 rings (SSSR count). The Labute approximate surface area is 167 Å². The molecule has 1 amide bonds. The Bertz CT molecular complexity index is 855. The Morgan fingerprint density at radius 1 is 1.14 bits per heavy atom. The summed E-state index contributed by atoms with van der Waals surface area (Å²) in [5.41, 5.74) is 3.75. The second-order valence-electron chi connectivity index (χ2n) is 7.91. The molecule has 0 spiro atoms. The van der Waals surface area contributed by atoms with E-state index in [0.29, 0.717) is 30.3 Å². The summed E-state index contributed by atoms with van der Waals surface area (Å²) in [6.45, 7) is 8.33. The van der Waals surface area contributed by atoms with Gasteiger partial charge in [-0.1, -0.05) is 52.0 Å². The number of carbonyl (C=O) groups excluding carboxylic acids is 2. The van der Waals surface area contributed by atoms with Crippen LogP contribution in [0.15, 0.2) is 30.5 Å². The minimum atomic E-state index is -0.0621. The quantitative estimate of drug-likeness (QED) is 0.776. The zero-order valence-corrected chi connectivity index (χ0v) is 17.2. The van der Waals surface area contributed by atoms with Gasteiger partial charge in [-0.3, -0.25) is 14.9 Å². The fraction of sp³-hybridized carbons (Fsp3) is 0.478. The fourth-order valence-electron chi connectivity index (χ4n) is 3.77. The summed E-state index contributed by atoms with van der Waals surface area (Å²) in [5.74, 6) is 0.841. The second-order valence-corrected chi connectivity index (χ2v) is 7.91. The van der Waals surface area contributed by atoms with E-state index in [4.69, 9.17) is 0 Å². The lowest BCUT2D eigenvalue weighted by Crippen LogP contribution is -2.25. The number of hydrogen-bond acceptors (Lipinski definition) is 4. The van der Waals surface area contributed by atoms with Crippen molar-refractivity contribution in [1.29, 1.82) is 0 Å². The fourth-order valence-corrected chi connectivity index (χ4v) is 3.77. The number of nitrogens with zero attached hydrogens (tertiary/aromatic N) is 2. The number of nitrogens with one attached hydrogen (secondary N) is 1. The van der Waals surface area contributed by atoms with Crippen LogP contribution in [0, 0.1) is 5.92 Å². The highest BCUT2D eigenvalue weighted by atomic mass is 16.2. The molecule has 0 aliphatic heterocycles. The molecular weight excluding hydrogens is 350 g/mol. The zero-order valence-electron chi connectivity index (χ0n) is 17.2. The van der Waals surface area contributed by atoms with Crippen LogP contribution in [0.4, 0.5) is 5.95 Å². The van der Waals surface area contributed by atoms with Gasteiger partial charge in [-0.25, -0.2) is 9.97 Å². The molecule has 2 aromatic rings.